The van der Waals surface area contributed by atoms with Crippen molar-refractivity contribution in [3.8, 4) is 17.4 Å². The van der Waals surface area contributed by atoms with Gasteiger partial charge in [-0.15, -0.1) is 0 Å². The number of nitrogens with zero attached hydrogens (tertiary/aromatic N) is 3. The summed E-state index contributed by atoms with van der Waals surface area (Å²) in [6, 6.07) is 9.46. The molecule has 0 spiro atoms. The number of aryl methyl sites for hydroxylation is 2. The summed E-state index contributed by atoms with van der Waals surface area (Å²) < 4.78 is 11.3. The van der Waals surface area contributed by atoms with Crippen LogP contribution in [0.2, 0.25) is 0 Å². The van der Waals surface area contributed by atoms with Crippen LogP contribution in [0.25, 0.3) is 0 Å². The second-order valence-electron chi connectivity index (χ2n) is 6.26. The molecule has 1 amide bonds. The maximum atomic E-state index is 10.8. The molecule has 3 aromatic rings. The predicted molar refractivity (Wildman–Crippen MR) is 109 cm³/mol. The summed E-state index contributed by atoms with van der Waals surface area (Å²) in [6.45, 7) is 3.91. The van der Waals surface area contributed by atoms with E-state index < -0.39 is 0 Å². The highest BCUT2D eigenvalue weighted by Crippen LogP contribution is 2.33. The van der Waals surface area contributed by atoms with Gasteiger partial charge >= 0.3 is 0 Å². The van der Waals surface area contributed by atoms with Crippen LogP contribution in [0.3, 0.4) is 0 Å². The minimum atomic E-state index is 0.518. The first-order valence-electron chi connectivity index (χ1n) is 8.70. The third-order valence-corrected chi connectivity index (χ3v) is 4.37. The molecule has 7 nitrogen and oxygen atoms in total. The number of carbonyl (C=O) groups excluding carboxylic acids is 1. The van der Waals surface area contributed by atoms with Gasteiger partial charge in [-0.1, -0.05) is 6.07 Å². The van der Waals surface area contributed by atoms with Crippen LogP contribution in [0.4, 0.5) is 17.1 Å². The first-order chi connectivity index (χ1) is 13.5. The number of aromatic nitrogens is 2. The van der Waals surface area contributed by atoms with Crippen molar-refractivity contribution in [2.75, 3.05) is 24.4 Å². The highest BCUT2D eigenvalue weighted by Gasteiger charge is 2.13. The number of nitrogens with one attached hydrogen (secondary N) is 1. The van der Waals surface area contributed by atoms with Gasteiger partial charge in [-0.3, -0.25) is 9.78 Å². The highest BCUT2D eigenvalue weighted by atomic mass is 16.5. The maximum absolute atomic E-state index is 10.8. The Hall–Kier alpha value is -3.61. The Morgan fingerprint density at radius 3 is 2.64 bits per heavy atom. The van der Waals surface area contributed by atoms with E-state index in [-0.39, 0.29) is 0 Å². The summed E-state index contributed by atoms with van der Waals surface area (Å²) in [5, 5.41) is 2.66. The first-order valence-corrected chi connectivity index (χ1v) is 8.70. The van der Waals surface area contributed by atoms with Crippen LogP contribution in [0, 0.1) is 13.8 Å². The van der Waals surface area contributed by atoms with Crippen LogP contribution >= 0.6 is 0 Å². The first kappa shape index (κ1) is 19.2. The molecule has 0 aliphatic heterocycles. The number of hydrogen-bond acceptors (Lipinski definition) is 6. The molecule has 1 aromatic carbocycles. The lowest BCUT2D eigenvalue weighted by Gasteiger charge is -2.22. The fourth-order valence-electron chi connectivity index (χ4n) is 2.81. The van der Waals surface area contributed by atoms with Crippen LogP contribution in [0.15, 0.2) is 48.9 Å². The normalized spacial score (nSPS) is 10.3. The molecule has 0 atom stereocenters. The minimum Gasteiger partial charge on any atom is -0.496 e. The second-order valence-corrected chi connectivity index (χ2v) is 6.26. The standard InChI is InChI=1S/C21H22N4O3/c1-14-5-6-17(10-20(14)27-4)28-21-15(2)9-16(11-23-21)25(3)19-7-8-22-12-18(19)24-13-26/h5-13H,1-4H3,(H,24,26). The summed E-state index contributed by atoms with van der Waals surface area (Å²) in [5.41, 5.74) is 4.19. The van der Waals surface area contributed by atoms with E-state index in [0.29, 0.717) is 23.7 Å². The van der Waals surface area contributed by atoms with Gasteiger partial charge in [0.2, 0.25) is 12.3 Å². The molecule has 144 valence electrons. The Labute approximate surface area is 164 Å². The van der Waals surface area contributed by atoms with Gasteiger partial charge in [0.1, 0.15) is 11.5 Å². The fourth-order valence-corrected chi connectivity index (χ4v) is 2.81. The molecule has 7 heteroatoms. The monoisotopic (exact) mass is 378 g/mol. The number of rotatable bonds is 7. The molecule has 2 heterocycles. The SMILES string of the molecule is COc1cc(Oc2ncc(N(C)c3ccncc3NC=O)cc2C)ccc1C. The molecule has 0 unspecified atom stereocenters. The molecule has 3 rings (SSSR count). The van der Waals surface area contributed by atoms with Gasteiger partial charge in [0.25, 0.3) is 0 Å². The summed E-state index contributed by atoms with van der Waals surface area (Å²) in [4.78, 5) is 21.3. The second kappa shape index (κ2) is 8.39. The van der Waals surface area contributed by atoms with Crippen molar-refractivity contribution in [3.63, 3.8) is 0 Å². The van der Waals surface area contributed by atoms with E-state index in [1.807, 2.05) is 56.1 Å². The molecular weight excluding hydrogens is 356 g/mol. The largest absolute Gasteiger partial charge is 0.496 e. The molecule has 0 saturated carbocycles. The molecule has 1 N–H and O–H groups in total. The quantitative estimate of drug-likeness (QED) is 0.620. The van der Waals surface area contributed by atoms with E-state index in [0.717, 1.165) is 28.3 Å². The molecule has 0 aliphatic rings. The molecule has 28 heavy (non-hydrogen) atoms. The number of ether oxygens (including phenoxy) is 2. The Bertz CT molecular complexity index is 991. The minimum absolute atomic E-state index is 0.518. The summed E-state index contributed by atoms with van der Waals surface area (Å²) in [7, 11) is 3.53. The predicted octanol–water partition coefficient (Wildman–Crippen LogP) is 4.23. The third-order valence-electron chi connectivity index (χ3n) is 4.37. The summed E-state index contributed by atoms with van der Waals surface area (Å²) in [6.07, 6.45) is 5.62. The van der Waals surface area contributed by atoms with Crippen LogP contribution in [-0.4, -0.2) is 30.5 Å². The molecule has 0 radical (unpaired) electrons. The average Bonchev–Trinajstić information content (AvgIpc) is 2.71. The van der Waals surface area contributed by atoms with E-state index in [9.17, 15) is 4.79 Å². The lowest BCUT2D eigenvalue weighted by Crippen LogP contribution is -2.13. The van der Waals surface area contributed by atoms with Gasteiger partial charge in [0.15, 0.2) is 0 Å². The molecule has 0 fully saturated rings. The number of methoxy groups -OCH3 is 1. The number of carbonyl (C=O) groups is 1. The third kappa shape index (κ3) is 4.03. The molecule has 0 saturated heterocycles. The number of pyridine rings is 2. The van der Waals surface area contributed by atoms with Gasteiger partial charge in [-0.2, -0.15) is 0 Å². The zero-order valence-corrected chi connectivity index (χ0v) is 16.3. The van der Waals surface area contributed by atoms with Gasteiger partial charge in [0, 0.05) is 24.9 Å². The maximum Gasteiger partial charge on any atom is 0.222 e. The Balaban J connectivity index is 1.85. The lowest BCUT2D eigenvalue weighted by molar-refractivity contribution is -0.105. The molecular formula is C21H22N4O3. The number of benzene rings is 1. The van der Waals surface area contributed by atoms with Crippen molar-refractivity contribution in [2.24, 2.45) is 0 Å². The number of amides is 1. The molecule has 2 aromatic heterocycles. The van der Waals surface area contributed by atoms with Crippen LogP contribution < -0.4 is 19.7 Å². The van der Waals surface area contributed by atoms with Crippen LogP contribution in [0.5, 0.6) is 17.4 Å². The fraction of sp³-hybridized carbons (Fsp3) is 0.190. The van der Waals surface area contributed by atoms with Gasteiger partial charge in [-0.25, -0.2) is 4.98 Å². The van der Waals surface area contributed by atoms with Crippen LogP contribution in [0.1, 0.15) is 11.1 Å². The van der Waals surface area contributed by atoms with Crippen molar-refractivity contribution in [1.82, 2.24) is 9.97 Å². The lowest BCUT2D eigenvalue weighted by atomic mass is 10.2. The highest BCUT2D eigenvalue weighted by molar-refractivity contribution is 5.83. The van der Waals surface area contributed by atoms with Crippen molar-refractivity contribution < 1.29 is 14.3 Å². The van der Waals surface area contributed by atoms with Crippen molar-refractivity contribution in [1.29, 1.82) is 0 Å². The average molecular weight is 378 g/mol. The topological polar surface area (TPSA) is 76.6 Å². The number of hydrogen-bond donors (Lipinski definition) is 1. The van der Waals surface area contributed by atoms with E-state index in [4.69, 9.17) is 9.47 Å². The Morgan fingerprint density at radius 2 is 1.93 bits per heavy atom. The van der Waals surface area contributed by atoms with Crippen molar-refractivity contribution in [3.05, 3.63) is 60.0 Å². The molecule has 0 bridgehead atoms. The van der Waals surface area contributed by atoms with Crippen molar-refractivity contribution in [2.45, 2.75) is 13.8 Å². The zero-order chi connectivity index (χ0) is 20.1. The smallest absolute Gasteiger partial charge is 0.222 e. The summed E-state index contributed by atoms with van der Waals surface area (Å²) >= 11 is 0. The Kier molecular flexibility index (Phi) is 5.74. The van der Waals surface area contributed by atoms with Crippen LogP contribution in [-0.2, 0) is 4.79 Å². The van der Waals surface area contributed by atoms with Gasteiger partial charge in [-0.05, 0) is 37.6 Å². The van der Waals surface area contributed by atoms with Gasteiger partial charge < -0.3 is 19.7 Å². The number of anilines is 3. The van der Waals surface area contributed by atoms with Crippen molar-refractivity contribution >= 4 is 23.5 Å². The van der Waals surface area contributed by atoms with E-state index >= 15 is 0 Å². The van der Waals surface area contributed by atoms with Gasteiger partial charge in [0.05, 0.1) is 36.6 Å². The van der Waals surface area contributed by atoms with E-state index in [1.54, 1.807) is 25.7 Å². The van der Waals surface area contributed by atoms with E-state index in [2.05, 4.69) is 15.3 Å². The molecule has 0 aliphatic carbocycles. The zero-order valence-electron chi connectivity index (χ0n) is 16.3. The van der Waals surface area contributed by atoms with E-state index in [1.165, 1.54) is 0 Å². The summed E-state index contributed by atoms with van der Waals surface area (Å²) in [5.74, 6) is 1.94. The Morgan fingerprint density at radius 1 is 1.11 bits per heavy atom.